The molecule has 0 bridgehead atoms. The Labute approximate surface area is 201 Å². The second kappa shape index (κ2) is 10.8. The minimum Gasteiger partial charge on any atom is -0.497 e. The Balaban J connectivity index is 1.60. The number of nitrogens with zero attached hydrogens (tertiary/aromatic N) is 3. The Morgan fingerprint density at radius 3 is 2.65 bits per heavy atom. The first-order chi connectivity index (χ1) is 16.5. The van der Waals surface area contributed by atoms with Crippen LogP contribution < -0.4 is 4.74 Å². The summed E-state index contributed by atoms with van der Waals surface area (Å²) in [5.41, 5.74) is 3.99. The van der Waals surface area contributed by atoms with Gasteiger partial charge in [-0.15, -0.1) is 0 Å². The number of carbonyl (C=O) groups is 2. The Morgan fingerprint density at radius 2 is 1.91 bits per heavy atom. The van der Waals surface area contributed by atoms with Crippen molar-refractivity contribution in [2.24, 2.45) is 5.10 Å². The zero-order valence-corrected chi connectivity index (χ0v) is 20.2. The molecule has 4 rings (SSSR count). The zero-order chi connectivity index (χ0) is 24.1. The van der Waals surface area contributed by atoms with Crippen LogP contribution >= 0.6 is 0 Å². The summed E-state index contributed by atoms with van der Waals surface area (Å²) in [6.07, 6.45) is 3.25. The second-order valence-electron chi connectivity index (χ2n) is 8.88. The molecule has 2 atom stereocenters. The van der Waals surface area contributed by atoms with Crippen LogP contribution in [0.15, 0.2) is 53.6 Å². The van der Waals surface area contributed by atoms with Crippen molar-refractivity contribution in [3.63, 3.8) is 0 Å². The van der Waals surface area contributed by atoms with Gasteiger partial charge >= 0.3 is 5.97 Å². The standard InChI is InChI=1S/C27H33N3O4/c1-4-34-27(32)24-10-5-6-15-29(24)18-26(31)30-25(20-13-11-19(2)12-14-20)17-23(28-30)21-8-7-9-22(16-21)33-3/h7-9,11-14,16,24-25H,4-6,10,15,17-18H2,1-3H3/t24-,25-/m0/s1. The van der Waals surface area contributed by atoms with E-state index in [1.54, 1.807) is 19.0 Å². The summed E-state index contributed by atoms with van der Waals surface area (Å²) in [5, 5.41) is 6.40. The van der Waals surface area contributed by atoms with Crippen LogP contribution in [0, 0.1) is 6.92 Å². The molecule has 1 amide bonds. The molecule has 180 valence electrons. The molecule has 0 spiro atoms. The number of aryl methyl sites for hydroxylation is 1. The summed E-state index contributed by atoms with van der Waals surface area (Å²) >= 11 is 0. The zero-order valence-electron chi connectivity index (χ0n) is 20.2. The van der Waals surface area contributed by atoms with Crippen LogP contribution in [-0.2, 0) is 14.3 Å². The highest BCUT2D eigenvalue weighted by molar-refractivity contribution is 6.03. The van der Waals surface area contributed by atoms with Crippen molar-refractivity contribution in [1.29, 1.82) is 0 Å². The molecule has 2 heterocycles. The van der Waals surface area contributed by atoms with E-state index in [2.05, 4.69) is 24.3 Å². The first-order valence-corrected chi connectivity index (χ1v) is 12.0. The predicted molar refractivity (Wildman–Crippen MR) is 131 cm³/mol. The Hall–Kier alpha value is -3.19. The number of carbonyl (C=O) groups excluding carboxylic acids is 2. The van der Waals surface area contributed by atoms with E-state index < -0.39 is 0 Å². The van der Waals surface area contributed by atoms with E-state index >= 15 is 0 Å². The molecule has 1 fully saturated rings. The molecule has 7 nitrogen and oxygen atoms in total. The van der Waals surface area contributed by atoms with Gasteiger partial charge in [0.15, 0.2) is 0 Å². The third-order valence-electron chi connectivity index (χ3n) is 6.54. The summed E-state index contributed by atoms with van der Waals surface area (Å²) < 4.78 is 10.7. The maximum absolute atomic E-state index is 13.6. The number of likely N-dealkylation sites (tertiary alicyclic amines) is 1. The van der Waals surface area contributed by atoms with Crippen molar-refractivity contribution in [1.82, 2.24) is 9.91 Å². The lowest BCUT2D eigenvalue weighted by atomic mass is 9.97. The summed E-state index contributed by atoms with van der Waals surface area (Å²) in [6.45, 7) is 5.03. The van der Waals surface area contributed by atoms with Crippen LogP contribution in [0.5, 0.6) is 5.75 Å². The minimum absolute atomic E-state index is 0.111. The molecule has 1 saturated heterocycles. The number of hydrazone groups is 1. The number of hydrogen-bond acceptors (Lipinski definition) is 6. The fraction of sp³-hybridized carbons (Fsp3) is 0.444. The van der Waals surface area contributed by atoms with Crippen LogP contribution in [0.4, 0.5) is 0 Å². The Morgan fingerprint density at radius 1 is 1.12 bits per heavy atom. The average molecular weight is 464 g/mol. The van der Waals surface area contributed by atoms with Crippen LogP contribution in [0.3, 0.4) is 0 Å². The fourth-order valence-corrected chi connectivity index (χ4v) is 4.70. The van der Waals surface area contributed by atoms with Crippen molar-refractivity contribution in [2.45, 2.75) is 51.6 Å². The number of rotatable bonds is 7. The molecule has 0 radical (unpaired) electrons. The van der Waals surface area contributed by atoms with Gasteiger partial charge in [-0.25, -0.2) is 5.01 Å². The largest absolute Gasteiger partial charge is 0.497 e. The molecule has 0 N–H and O–H groups in total. The highest BCUT2D eigenvalue weighted by atomic mass is 16.5. The van der Waals surface area contributed by atoms with Crippen molar-refractivity contribution in [3.8, 4) is 5.75 Å². The van der Waals surface area contributed by atoms with Gasteiger partial charge in [-0.05, 0) is 50.9 Å². The van der Waals surface area contributed by atoms with Crippen molar-refractivity contribution < 1.29 is 19.1 Å². The van der Waals surface area contributed by atoms with E-state index in [-0.39, 0.29) is 30.5 Å². The highest BCUT2D eigenvalue weighted by Crippen LogP contribution is 2.34. The van der Waals surface area contributed by atoms with Gasteiger partial charge < -0.3 is 9.47 Å². The van der Waals surface area contributed by atoms with E-state index in [0.717, 1.165) is 35.4 Å². The number of benzene rings is 2. The van der Waals surface area contributed by atoms with Gasteiger partial charge in [-0.2, -0.15) is 5.10 Å². The number of ether oxygens (including phenoxy) is 2. The smallest absolute Gasteiger partial charge is 0.323 e. The summed E-state index contributed by atoms with van der Waals surface area (Å²) in [6, 6.07) is 15.4. The third kappa shape index (κ3) is 5.30. The van der Waals surface area contributed by atoms with Gasteiger partial charge in [0.1, 0.15) is 11.8 Å². The molecule has 0 aromatic heterocycles. The van der Waals surface area contributed by atoms with Crippen molar-refractivity contribution >= 4 is 17.6 Å². The lowest BCUT2D eigenvalue weighted by Crippen LogP contribution is -2.49. The van der Waals surface area contributed by atoms with E-state index in [0.29, 0.717) is 26.0 Å². The van der Waals surface area contributed by atoms with Crippen molar-refractivity contribution in [2.75, 3.05) is 26.8 Å². The van der Waals surface area contributed by atoms with Gasteiger partial charge in [0.05, 0.1) is 32.0 Å². The molecule has 2 aliphatic heterocycles. The molecular weight excluding hydrogens is 430 g/mol. The maximum Gasteiger partial charge on any atom is 0.323 e. The van der Waals surface area contributed by atoms with Crippen molar-refractivity contribution in [3.05, 3.63) is 65.2 Å². The monoisotopic (exact) mass is 463 g/mol. The summed E-state index contributed by atoms with van der Waals surface area (Å²) in [4.78, 5) is 28.0. The Kier molecular flexibility index (Phi) is 7.63. The third-order valence-corrected chi connectivity index (χ3v) is 6.54. The molecule has 2 aliphatic rings. The molecule has 2 aromatic carbocycles. The second-order valence-corrected chi connectivity index (χ2v) is 8.88. The first-order valence-electron chi connectivity index (χ1n) is 12.0. The normalized spacial score (nSPS) is 20.7. The molecule has 0 saturated carbocycles. The van der Waals surface area contributed by atoms with E-state index in [1.807, 2.05) is 36.1 Å². The van der Waals surface area contributed by atoms with Gasteiger partial charge in [0.25, 0.3) is 5.91 Å². The lowest BCUT2D eigenvalue weighted by Gasteiger charge is -2.34. The quantitative estimate of drug-likeness (QED) is 0.578. The predicted octanol–water partition coefficient (Wildman–Crippen LogP) is 4.10. The van der Waals surface area contributed by atoms with Gasteiger partial charge in [-0.1, -0.05) is 48.4 Å². The number of hydrogen-bond donors (Lipinski definition) is 0. The molecular formula is C27H33N3O4. The van der Waals surface area contributed by atoms with E-state index in [4.69, 9.17) is 14.6 Å². The van der Waals surface area contributed by atoms with Crippen LogP contribution in [0.25, 0.3) is 0 Å². The molecule has 0 unspecified atom stereocenters. The number of methoxy groups -OCH3 is 1. The average Bonchev–Trinajstić information content (AvgIpc) is 3.31. The lowest BCUT2D eigenvalue weighted by molar-refractivity contribution is -0.152. The highest BCUT2D eigenvalue weighted by Gasteiger charge is 2.37. The molecule has 2 aromatic rings. The number of amides is 1. The van der Waals surface area contributed by atoms with E-state index in [1.165, 1.54) is 5.56 Å². The van der Waals surface area contributed by atoms with Crippen LogP contribution in [0.1, 0.15) is 55.3 Å². The fourth-order valence-electron chi connectivity index (χ4n) is 4.70. The van der Waals surface area contributed by atoms with Crippen LogP contribution in [-0.4, -0.2) is 60.3 Å². The van der Waals surface area contributed by atoms with Gasteiger partial charge in [-0.3, -0.25) is 14.5 Å². The molecule has 7 heteroatoms. The SMILES string of the molecule is CCOC(=O)[C@@H]1CCCCN1CC(=O)N1N=C(c2cccc(OC)c2)C[C@H]1c1ccc(C)cc1. The van der Waals surface area contributed by atoms with Crippen LogP contribution in [0.2, 0.25) is 0 Å². The molecule has 34 heavy (non-hydrogen) atoms. The summed E-state index contributed by atoms with van der Waals surface area (Å²) in [5.74, 6) is 0.397. The van der Waals surface area contributed by atoms with E-state index in [9.17, 15) is 9.59 Å². The van der Waals surface area contributed by atoms with Gasteiger partial charge in [0, 0.05) is 12.0 Å². The topological polar surface area (TPSA) is 71.4 Å². The minimum atomic E-state index is -0.375. The number of piperidine rings is 1. The first kappa shape index (κ1) is 24.0. The Bertz CT molecular complexity index is 1050. The number of esters is 1. The van der Waals surface area contributed by atoms with Gasteiger partial charge in [0.2, 0.25) is 0 Å². The maximum atomic E-state index is 13.6. The molecule has 0 aliphatic carbocycles. The summed E-state index contributed by atoms with van der Waals surface area (Å²) in [7, 11) is 1.64.